The molecule has 0 bridgehead atoms. The second-order valence-electron chi connectivity index (χ2n) is 4.52. The zero-order valence-electron chi connectivity index (χ0n) is 10.5. The van der Waals surface area contributed by atoms with Crippen LogP contribution in [0.15, 0.2) is 18.3 Å². The van der Waals surface area contributed by atoms with Crippen LogP contribution in [-0.4, -0.2) is 30.8 Å². The summed E-state index contributed by atoms with van der Waals surface area (Å²) in [7, 11) is 1.68. The average molecular weight is 236 g/mol. The van der Waals surface area contributed by atoms with Crippen LogP contribution in [0.5, 0.6) is 5.75 Å². The zero-order chi connectivity index (χ0) is 12.1. The second-order valence-corrected chi connectivity index (χ2v) is 4.52. The SMILES string of the molecule is COCC(C)Oc1ccnc(CNC2CC2)c1. The highest BCUT2D eigenvalue weighted by Gasteiger charge is 2.20. The molecule has 4 heteroatoms. The smallest absolute Gasteiger partial charge is 0.123 e. The Labute approximate surface area is 102 Å². The van der Waals surface area contributed by atoms with E-state index in [-0.39, 0.29) is 6.10 Å². The molecule has 0 amide bonds. The number of rotatable bonds is 7. The number of pyridine rings is 1. The van der Waals surface area contributed by atoms with Gasteiger partial charge in [-0.05, 0) is 25.8 Å². The number of hydrogen-bond acceptors (Lipinski definition) is 4. The van der Waals surface area contributed by atoms with E-state index >= 15 is 0 Å². The van der Waals surface area contributed by atoms with Gasteiger partial charge in [0.2, 0.25) is 0 Å². The zero-order valence-corrected chi connectivity index (χ0v) is 10.5. The maximum absolute atomic E-state index is 5.73. The van der Waals surface area contributed by atoms with Crippen molar-refractivity contribution in [2.24, 2.45) is 0 Å². The molecule has 1 atom stereocenters. The lowest BCUT2D eigenvalue weighted by molar-refractivity contribution is 0.0919. The Balaban J connectivity index is 1.85. The molecular formula is C13H20N2O2. The summed E-state index contributed by atoms with van der Waals surface area (Å²) < 4.78 is 10.8. The van der Waals surface area contributed by atoms with E-state index in [0.29, 0.717) is 12.6 Å². The topological polar surface area (TPSA) is 43.4 Å². The molecule has 0 spiro atoms. The third kappa shape index (κ3) is 4.32. The van der Waals surface area contributed by atoms with E-state index in [2.05, 4.69) is 10.3 Å². The van der Waals surface area contributed by atoms with E-state index in [1.54, 1.807) is 13.3 Å². The van der Waals surface area contributed by atoms with E-state index < -0.39 is 0 Å². The summed E-state index contributed by atoms with van der Waals surface area (Å²) >= 11 is 0. The van der Waals surface area contributed by atoms with Crippen LogP contribution in [0, 0.1) is 0 Å². The van der Waals surface area contributed by atoms with E-state index in [0.717, 1.165) is 18.0 Å². The van der Waals surface area contributed by atoms with Gasteiger partial charge in [-0.1, -0.05) is 0 Å². The van der Waals surface area contributed by atoms with Crippen LogP contribution in [0.3, 0.4) is 0 Å². The van der Waals surface area contributed by atoms with Crippen molar-refractivity contribution in [2.75, 3.05) is 13.7 Å². The van der Waals surface area contributed by atoms with E-state index in [1.165, 1.54) is 12.8 Å². The maximum Gasteiger partial charge on any atom is 0.123 e. The van der Waals surface area contributed by atoms with Crippen LogP contribution in [0.1, 0.15) is 25.5 Å². The van der Waals surface area contributed by atoms with Gasteiger partial charge in [0, 0.05) is 32.0 Å². The average Bonchev–Trinajstić information content (AvgIpc) is 3.11. The van der Waals surface area contributed by atoms with Crippen LogP contribution < -0.4 is 10.1 Å². The molecule has 0 saturated heterocycles. The van der Waals surface area contributed by atoms with Crippen LogP contribution >= 0.6 is 0 Å². The molecule has 1 aliphatic carbocycles. The molecule has 1 saturated carbocycles. The first kappa shape index (κ1) is 12.3. The van der Waals surface area contributed by atoms with Gasteiger partial charge in [-0.15, -0.1) is 0 Å². The van der Waals surface area contributed by atoms with Crippen molar-refractivity contribution < 1.29 is 9.47 Å². The van der Waals surface area contributed by atoms with E-state index in [9.17, 15) is 0 Å². The fourth-order valence-corrected chi connectivity index (χ4v) is 1.66. The van der Waals surface area contributed by atoms with Crippen LogP contribution in [-0.2, 0) is 11.3 Å². The highest BCUT2D eigenvalue weighted by atomic mass is 16.5. The predicted octanol–water partition coefficient (Wildman–Crippen LogP) is 1.75. The molecule has 0 radical (unpaired) electrons. The number of nitrogens with zero attached hydrogens (tertiary/aromatic N) is 1. The largest absolute Gasteiger partial charge is 0.488 e. The molecule has 1 unspecified atom stereocenters. The minimum absolute atomic E-state index is 0.0617. The third-order valence-electron chi connectivity index (χ3n) is 2.68. The Bertz CT molecular complexity index is 353. The molecular weight excluding hydrogens is 216 g/mol. The van der Waals surface area contributed by atoms with Crippen LogP contribution in [0.25, 0.3) is 0 Å². The molecule has 0 aromatic carbocycles. The second kappa shape index (κ2) is 5.98. The molecule has 1 fully saturated rings. The maximum atomic E-state index is 5.73. The lowest BCUT2D eigenvalue weighted by atomic mass is 10.3. The summed E-state index contributed by atoms with van der Waals surface area (Å²) in [5, 5.41) is 3.44. The van der Waals surface area contributed by atoms with Gasteiger partial charge in [0.25, 0.3) is 0 Å². The van der Waals surface area contributed by atoms with Gasteiger partial charge < -0.3 is 14.8 Å². The van der Waals surface area contributed by atoms with Gasteiger partial charge in [-0.3, -0.25) is 4.98 Å². The standard InChI is InChI=1S/C13H20N2O2/c1-10(9-16-2)17-13-5-6-14-12(7-13)8-15-11-3-4-11/h5-7,10-11,15H,3-4,8-9H2,1-2H3. The Morgan fingerprint density at radius 1 is 1.53 bits per heavy atom. The summed E-state index contributed by atoms with van der Waals surface area (Å²) in [5.41, 5.74) is 1.03. The molecule has 1 heterocycles. The van der Waals surface area contributed by atoms with Gasteiger partial charge >= 0.3 is 0 Å². The van der Waals surface area contributed by atoms with Crippen LogP contribution in [0.2, 0.25) is 0 Å². The van der Waals surface area contributed by atoms with E-state index in [1.807, 2.05) is 19.1 Å². The van der Waals surface area contributed by atoms with Crippen molar-refractivity contribution in [3.8, 4) is 5.75 Å². The normalized spacial score (nSPS) is 16.8. The Morgan fingerprint density at radius 3 is 3.06 bits per heavy atom. The Morgan fingerprint density at radius 2 is 2.35 bits per heavy atom. The summed E-state index contributed by atoms with van der Waals surface area (Å²) in [6.45, 7) is 3.41. The molecule has 1 aromatic heterocycles. The summed E-state index contributed by atoms with van der Waals surface area (Å²) in [5.74, 6) is 0.858. The van der Waals surface area contributed by atoms with Crippen molar-refractivity contribution in [1.29, 1.82) is 0 Å². The molecule has 1 aliphatic rings. The summed E-state index contributed by atoms with van der Waals surface area (Å²) in [6.07, 6.45) is 4.44. The van der Waals surface area contributed by atoms with Gasteiger partial charge in [-0.2, -0.15) is 0 Å². The summed E-state index contributed by atoms with van der Waals surface area (Å²) in [6, 6.07) is 4.57. The Hall–Kier alpha value is -1.13. The first-order valence-corrected chi connectivity index (χ1v) is 6.12. The van der Waals surface area contributed by atoms with Gasteiger partial charge in [-0.25, -0.2) is 0 Å². The first-order valence-electron chi connectivity index (χ1n) is 6.12. The van der Waals surface area contributed by atoms with E-state index in [4.69, 9.17) is 9.47 Å². The molecule has 4 nitrogen and oxygen atoms in total. The molecule has 17 heavy (non-hydrogen) atoms. The molecule has 94 valence electrons. The third-order valence-corrected chi connectivity index (χ3v) is 2.68. The number of hydrogen-bond donors (Lipinski definition) is 1. The fraction of sp³-hybridized carbons (Fsp3) is 0.615. The van der Waals surface area contributed by atoms with Crippen molar-refractivity contribution >= 4 is 0 Å². The highest BCUT2D eigenvalue weighted by Crippen LogP contribution is 2.19. The van der Waals surface area contributed by atoms with Crippen molar-refractivity contribution in [3.05, 3.63) is 24.0 Å². The highest BCUT2D eigenvalue weighted by molar-refractivity contribution is 5.23. The minimum atomic E-state index is 0.0617. The molecule has 1 aromatic rings. The van der Waals surface area contributed by atoms with Gasteiger partial charge in [0.05, 0.1) is 12.3 Å². The Kier molecular flexibility index (Phi) is 4.34. The lowest BCUT2D eigenvalue weighted by Crippen LogP contribution is -2.19. The number of aromatic nitrogens is 1. The van der Waals surface area contributed by atoms with Gasteiger partial charge in [0.1, 0.15) is 11.9 Å². The van der Waals surface area contributed by atoms with Crippen molar-refractivity contribution in [2.45, 2.75) is 38.5 Å². The van der Waals surface area contributed by atoms with Crippen LogP contribution in [0.4, 0.5) is 0 Å². The van der Waals surface area contributed by atoms with Gasteiger partial charge in [0.15, 0.2) is 0 Å². The van der Waals surface area contributed by atoms with Crippen molar-refractivity contribution in [1.82, 2.24) is 10.3 Å². The lowest BCUT2D eigenvalue weighted by Gasteiger charge is -2.14. The van der Waals surface area contributed by atoms with Crippen molar-refractivity contribution in [3.63, 3.8) is 0 Å². The minimum Gasteiger partial charge on any atom is -0.488 e. The first-order chi connectivity index (χ1) is 8.28. The number of ether oxygens (including phenoxy) is 2. The number of methoxy groups -OCH3 is 1. The molecule has 2 rings (SSSR count). The monoisotopic (exact) mass is 236 g/mol. The molecule has 1 N–H and O–H groups in total. The predicted molar refractivity (Wildman–Crippen MR) is 66.1 cm³/mol. The quantitative estimate of drug-likeness (QED) is 0.783. The number of nitrogens with one attached hydrogen (secondary N) is 1. The molecule has 0 aliphatic heterocycles. The summed E-state index contributed by atoms with van der Waals surface area (Å²) in [4.78, 5) is 4.32. The fourth-order valence-electron chi connectivity index (χ4n) is 1.66.